The van der Waals surface area contributed by atoms with E-state index < -0.39 is 47.8 Å². The minimum absolute atomic E-state index is 0.00704. The zero-order valence-electron chi connectivity index (χ0n) is 39.1. The Balaban J connectivity index is 0.789. The number of benzene rings is 1. The van der Waals surface area contributed by atoms with Gasteiger partial charge in [-0.2, -0.15) is 11.8 Å². The fourth-order valence-electron chi connectivity index (χ4n) is 8.90. The highest BCUT2D eigenvalue weighted by Gasteiger charge is 2.42. The predicted molar refractivity (Wildman–Crippen MR) is 263 cm³/mol. The molecule has 2 unspecified atom stereocenters. The van der Waals surface area contributed by atoms with Crippen LogP contribution in [0.2, 0.25) is 4.34 Å². The molecule has 4 aliphatic rings. The summed E-state index contributed by atoms with van der Waals surface area (Å²) in [6.45, 7) is 1.75. The summed E-state index contributed by atoms with van der Waals surface area (Å²) in [5.41, 5.74) is 0.214. The van der Waals surface area contributed by atoms with Gasteiger partial charge in [0.05, 0.1) is 53.1 Å². The van der Waals surface area contributed by atoms with Crippen molar-refractivity contribution >= 4 is 93.7 Å². The lowest BCUT2D eigenvalue weighted by Gasteiger charge is -2.33. The molecule has 0 spiro atoms. The summed E-state index contributed by atoms with van der Waals surface area (Å²) in [6, 6.07) is 7.55. The van der Waals surface area contributed by atoms with Gasteiger partial charge >= 0.3 is 18.1 Å². The number of cyclic esters (lactones) is 1. The molecule has 23 heteroatoms. The number of aliphatic carboxylic acids is 1. The van der Waals surface area contributed by atoms with Gasteiger partial charge in [-0.15, -0.1) is 11.3 Å². The van der Waals surface area contributed by atoms with Gasteiger partial charge in [0.2, 0.25) is 17.7 Å². The molecule has 1 aromatic heterocycles. The highest BCUT2D eigenvalue weighted by Crippen LogP contribution is 2.34. The van der Waals surface area contributed by atoms with Crippen molar-refractivity contribution in [3.63, 3.8) is 0 Å². The number of carbonyl (C=O) groups is 8. The Morgan fingerprint density at radius 3 is 2.26 bits per heavy atom. The number of thioether (sulfide) groups is 1. The van der Waals surface area contributed by atoms with Gasteiger partial charge in [-0.3, -0.25) is 33.7 Å². The number of nitrogens with zero attached hydrogens (tertiary/aromatic N) is 2. The molecular formula is C47H64ClFN8O11S2. The first kappa shape index (κ1) is 54.1. The summed E-state index contributed by atoms with van der Waals surface area (Å²) in [5.74, 6) is -2.95. The maximum absolute atomic E-state index is 15.5. The SMILES string of the molecule is O=C(O)CC(CCCC1OCCN(c2ccc(N3C[C@H](CNC(=O)c4ccc(Cl)s4)OC3=O)c(F)c2)C1=O)C(=O)NCCCCCNC(=O)CCCCCNC(=O)CCCC[C@@H]1SC[C@@H]2NC(=O)N[C@@H]21. The Morgan fingerprint density at radius 2 is 1.56 bits per heavy atom. The van der Waals surface area contributed by atoms with Crippen molar-refractivity contribution in [1.29, 1.82) is 0 Å². The van der Waals surface area contributed by atoms with Gasteiger partial charge in [0, 0.05) is 61.6 Å². The average Bonchev–Trinajstić information content (AvgIpc) is 4.12. The summed E-state index contributed by atoms with van der Waals surface area (Å²) >= 11 is 8.89. The van der Waals surface area contributed by atoms with Crippen molar-refractivity contribution in [3.8, 4) is 0 Å². The van der Waals surface area contributed by atoms with E-state index in [1.807, 2.05) is 11.8 Å². The molecule has 7 N–H and O–H groups in total. The third-order valence-electron chi connectivity index (χ3n) is 12.6. The fraction of sp³-hybridized carbons (Fsp3) is 0.617. The molecule has 1 aromatic carbocycles. The third-order valence-corrected chi connectivity index (χ3v) is 15.4. The Morgan fingerprint density at radius 1 is 0.843 bits per heavy atom. The maximum atomic E-state index is 15.5. The number of carbonyl (C=O) groups excluding carboxylic acids is 7. The van der Waals surface area contributed by atoms with Crippen LogP contribution in [0.5, 0.6) is 0 Å². The molecule has 0 aliphatic carbocycles. The number of amides is 8. The number of unbranched alkanes of at least 4 members (excludes halogenated alkanes) is 5. The van der Waals surface area contributed by atoms with E-state index in [0.717, 1.165) is 73.0 Å². The van der Waals surface area contributed by atoms with Crippen LogP contribution in [0, 0.1) is 11.7 Å². The van der Waals surface area contributed by atoms with Crippen LogP contribution in [0.4, 0.5) is 25.4 Å². The summed E-state index contributed by atoms with van der Waals surface area (Å²) in [6.07, 6.45) is 6.02. The standard InChI is InChI=1S/C47H64ClFN8O11S2/c48-38-18-17-37(70-38)44(63)53-26-31-27-57(47(66)68-31)34-16-15-30(25-32(34)49)56-22-23-67-35(45(56)64)11-9-10-29(24-41(60)61)43(62)52-21-8-2-7-20-51-39(58)13-3-1-6-19-50-40(59)14-5-4-12-36-42-33(28-69-36)54-46(65)55-42/h15-18,25,29,31,33,35-36,42H,1-14,19-24,26-28H2,(H,50,59)(H,51,58)(H,52,62)(H,53,63)(H,60,61)(H2,54,55,65)/t29?,31-,33-,35?,36-,42-/m0/s1. The van der Waals surface area contributed by atoms with E-state index in [-0.39, 0.29) is 92.7 Å². The monoisotopic (exact) mass is 1030 g/mol. The summed E-state index contributed by atoms with van der Waals surface area (Å²) < 4.78 is 27.1. The van der Waals surface area contributed by atoms with Crippen LogP contribution in [0.25, 0.3) is 0 Å². The summed E-state index contributed by atoms with van der Waals surface area (Å²) in [7, 11) is 0. The Kier molecular flexibility index (Phi) is 21.2. The summed E-state index contributed by atoms with van der Waals surface area (Å²) in [4.78, 5) is 102. The number of fused-ring (bicyclic) bond motifs is 1. The van der Waals surface area contributed by atoms with Gasteiger partial charge < -0.3 is 51.4 Å². The number of urea groups is 1. The van der Waals surface area contributed by atoms with Gasteiger partial charge in [-0.25, -0.2) is 14.0 Å². The molecule has 5 heterocycles. The molecule has 19 nitrogen and oxygen atoms in total. The number of morpholine rings is 1. The van der Waals surface area contributed by atoms with E-state index in [9.17, 15) is 43.5 Å². The molecule has 6 atom stereocenters. The number of rotatable bonds is 29. The molecule has 4 saturated heterocycles. The van der Waals surface area contributed by atoms with E-state index >= 15 is 4.39 Å². The number of hydrogen-bond donors (Lipinski definition) is 7. The lowest BCUT2D eigenvalue weighted by molar-refractivity contribution is -0.141. The van der Waals surface area contributed by atoms with E-state index in [0.29, 0.717) is 66.2 Å². The number of hydrogen-bond acceptors (Lipinski definition) is 12. The topological polar surface area (TPSA) is 254 Å². The molecule has 4 fully saturated rings. The molecule has 0 bridgehead atoms. The second-order valence-electron chi connectivity index (χ2n) is 17.9. The molecular weight excluding hydrogens is 971 g/mol. The Labute approximate surface area is 419 Å². The van der Waals surface area contributed by atoms with Gasteiger partial charge in [0.1, 0.15) is 18.0 Å². The maximum Gasteiger partial charge on any atom is 0.414 e. The quantitative estimate of drug-likeness (QED) is 0.0416. The first-order valence-corrected chi connectivity index (χ1v) is 26.5. The minimum Gasteiger partial charge on any atom is -0.481 e. The zero-order chi connectivity index (χ0) is 50.0. The third kappa shape index (κ3) is 16.4. The molecule has 6 rings (SSSR count). The Bertz CT molecular complexity index is 2170. The number of carboxylic acids is 1. The molecule has 2 aromatic rings. The van der Waals surface area contributed by atoms with Crippen molar-refractivity contribution in [1.82, 2.24) is 31.9 Å². The highest BCUT2D eigenvalue weighted by atomic mass is 35.5. The van der Waals surface area contributed by atoms with Crippen LogP contribution in [-0.2, 0) is 33.4 Å². The average molecular weight is 1040 g/mol. The second-order valence-corrected chi connectivity index (χ2v) is 20.9. The highest BCUT2D eigenvalue weighted by molar-refractivity contribution is 8.00. The van der Waals surface area contributed by atoms with Gasteiger partial charge in [0.15, 0.2) is 0 Å². The normalized spacial score (nSPS) is 21.1. The van der Waals surface area contributed by atoms with Crippen LogP contribution in [0.15, 0.2) is 30.3 Å². The zero-order valence-corrected chi connectivity index (χ0v) is 41.5. The van der Waals surface area contributed by atoms with Crippen molar-refractivity contribution in [2.45, 2.75) is 126 Å². The molecule has 0 saturated carbocycles. The molecule has 4 aliphatic heterocycles. The van der Waals surface area contributed by atoms with Crippen molar-refractivity contribution in [2.75, 3.05) is 61.4 Å². The van der Waals surface area contributed by atoms with Gasteiger partial charge in [0.25, 0.3) is 11.8 Å². The molecule has 384 valence electrons. The first-order valence-electron chi connectivity index (χ1n) is 24.2. The van der Waals surface area contributed by atoms with Gasteiger partial charge in [-0.1, -0.05) is 24.4 Å². The van der Waals surface area contributed by atoms with Crippen LogP contribution < -0.4 is 41.7 Å². The number of thiophene rings is 1. The lowest BCUT2D eigenvalue weighted by Crippen LogP contribution is -2.48. The van der Waals surface area contributed by atoms with Crippen molar-refractivity contribution in [2.24, 2.45) is 5.92 Å². The van der Waals surface area contributed by atoms with E-state index in [2.05, 4.69) is 31.9 Å². The van der Waals surface area contributed by atoms with E-state index in [4.69, 9.17) is 21.1 Å². The number of nitrogens with one attached hydrogen (secondary N) is 6. The smallest absolute Gasteiger partial charge is 0.414 e. The Hall–Kier alpha value is -5.19. The predicted octanol–water partition coefficient (Wildman–Crippen LogP) is 5.09. The van der Waals surface area contributed by atoms with Crippen molar-refractivity contribution < 1.29 is 57.3 Å². The number of anilines is 2. The van der Waals surface area contributed by atoms with Crippen molar-refractivity contribution in [3.05, 3.63) is 45.4 Å². The fourth-order valence-corrected chi connectivity index (χ4v) is 11.4. The van der Waals surface area contributed by atoms with Crippen LogP contribution in [-0.4, -0.2) is 134 Å². The molecule has 0 radical (unpaired) electrons. The number of carboxylic acid groups (broad SMARTS) is 1. The largest absolute Gasteiger partial charge is 0.481 e. The van der Waals surface area contributed by atoms with E-state index in [1.54, 1.807) is 12.1 Å². The minimum atomic E-state index is -1.12. The second kappa shape index (κ2) is 27.4. The molecule has 70 heavy (non-hydrogen) atoms. The lowest BCUT2D eigenvalue weighted by atomic mass is 9.95. The van der Waals surface area contributed by atoms with Crippen LogP contribution in [0.1, 0.15) is 106 Å². The molecule has 8 amide bonds. The van der Waals surface area contributed by atoms with E-state index in [1.165, 1.54) is 17.0 Å². The number of halogens is 2. The van der Waals surface area contributed by atoms with Crippen LogP contribution >= 0.6 is 34.7 Å². The summed E-state index contributed by atoms with van der Waals surface area (Å²) in [5, 5.41) is 27.2. The number of ether oxygens (including phenoxy) is 2. The van der Waals surface area contributed by atoms with Gasteiger partial charge in [-0.05, 0) is 94.5 Å². The van der Waals surface area contributed by atoms with Crippen LogP contribution in [0.3, 0.4) is 0 Å². The first-order chi connectivity index (χ1) is 33.7.